The lowest BCUT2D eigenvalue weighted by Gasteiger charge is -2.30. The number of anilines is 1. The fraction of sp³-hybridized carbons (Fsp3) is 0.357. The number of nitriles is 1. The van der Waals surface area contributed by atoms with E-state index in [2.05, 4.69) is 0 Å². The van der Waals surface area contributed by atoms with Gasteiger partial charge in [0.2, 0.25) is 0 Å². The molecule has 0 atom stereocenters. The lowest BCUT2D eigenvalue weighted by Crippen LogP contribution is -2.47. The third kappa shape index (κ3) is 3.48. The van der Waals surface area contributed by atoms with Crippen LogP contribution in [0.2, 0.25) is 0 Å². The molecule has 2 amide bonds. The molecule has 106 valence electrons. The second-order valence-electron chi connectivity index (χ2n) is 4.59. The number of rotatable bonds is 4. The van der Waals surface area contributed by atoms with Crippen LogP contribution >= 0.6 is 0 Å². The van der Waals surface area contributed by atoms with Gasteiger partial charge in [-0.15, -0.1) is 0 Å². The number of carbonyl (C=O) groups excluding carboxylic acids is 1. The maximum atomic E-state index is 12.4. The number of benzene rings is 1. The van der Waals surface area contributed by atoms with Crippen molar-refractivity contribution in [1.82, 2.24) is 4.90 Å². The molecule has 0 fully saturated rings. The lowest BCUT2D eigenvalue weighted by molar-refractivity contribution is -0.137. The van der Waals surface area contributed by atoms with Gasteiger partial charge in [0.25, 0.3) is 0 Å². The first kappa shape index (κ1) is 15.5. The molecule has 0 saturated heterocycles. The predicted octanol–water partition coefficient (Wildman–Crippen LogP) is 1.91. The van der Waals surface area contributed by atoms with Gasteiger partial charge in [-0.1, -0.05) is 12.1 Å². The Labute approximate surface area is 117 Å². The van der Waals surface area contributed by atoms with Crippen LogP contribution in [0.15, 0.2) is 24.3 Å². The van der Waals surface area contributed by atoms with Crippen LogP contribution in [-0.2, 0) is 4.79 Å². The van der Waals surface area contributed by atoms with Crippen LogP contribution in [0.3, 0.4) is 0 Å². The summed E-state index contributed by atoms with van der Waals surface area (Å²) >= 11 is 0. The Morgan fingerprint density at radius 2 is 1.95 bits per heavy atom. The first-order valence-corrected chi connectivity index (χ1v) is 6.13. The number of nitrogens with zero attached hydrogens (tertiary/aromatic N) is 3. The lowest BCUT2D eigenvalue weighted by atomic mass is 10.2. The number of amides is 2. The molecule has 0 aromatic heterocycles. The molecule has 1 aromatic carbocycles. The van der Waals surface area contributed by atoms with Crippen LogP contribution in [0.5, 0.6) is 0 Å². The van der Waals surface area contributed by atoms with E-state index in [9.17, 15) is 9.59 Å². The van der Waals surface area contributed by atoms with E-state index in [4.69, 9.17) is 10.4 Å². The van der Waals surface area contributed by atoms with E-state index >= 15 is 0 Å². The maximum absolute atomic E-state index is 12.4. The molecule has 0 aliphatic carbocycles. The van der Waals surface area contributed by atoms with E-state index in [1.807, 2.05) is 6.07 Å². The number of urea groups is 1. The van der Waals surface area contributed by atoms with Gasteiger partial charge in [0.15, 0.2) is 0 Å². The molecular weight excluding hydrogens is 258 g/mol. The molecule has 1 rings (SSSR count). The number of para-hydroxylation sites is 1. The summed E-state index contributed by atoms with van der Waals surface area (Å²) in [5.41, 5.74) is 0.818. The fourth-order valence-electron chi connectivity index (χ4n) is 1.77. The molecule has 0 aliphatic heterocycles. The van der Waals surface area contributed by atoms with Crippen LogP contribution < -0.4 is 4.90 Å². The minimum absolute atomic E-state index is 0.254. The van der Waals surface area contributed by atoms with Gasteiger partial charge < -0.3 is 10.0 Å². The highest BCUT2D eigenvalue weighted by molar-refractivity contribution is 5.94. The summed E-state index contributed by atoms with van der Waals surface area (Å²) in [7, 11) is 1.52. The molecule has 0 unspecified atom stereocenters. The summed E-state index contributed by atoms with van der Waals surface area (Å²) in [6.45, 7) is 3.10. The minimum atomic E-state index is -1.07. The van der Waals surface area contributed by atoms with E-state index in [1.165, 1.54) is 16.8 Å². The van der Waals surface area contributed by atoms with Crippen molar-refractivity contribution in [2.24, 2.45) is 0 Å². The van der Waals surface area contributed by atoms with Crippen molar-refractivity contribution in [3.05, 3.63) is 29.8 Å². The number of carboxylic acids is 1. The van der Waals surface area contributed by atoms with Crippen molar-refractivity contribution < 1.29 is 14.7 Å². The molecule has 0 heterocycles. The summed E-state index contributed by atoms with van der Waals surface area (Å²) < 4.78 is 0. The van der Waals surface area contributed by atoms with E-state index in [1.54, 1.807) is 38.1 Å². The van der Waals surface area contributed by atoms with E-state index in [-0.39, 0.29) is 12.6 Å². The van der Waals surface area contributed by atoms with E-state index in [0.29, 0.717) is 11.3 Å². The molecule has 1 N–H and O–H groups in total. The van der Waals surface area contributed by atoms with Crippen LogP contribution in [0, 0.1) is 11.3 Å². The molecule has 6 heteroatoms. The molecule has 0 saturated carbocycles. The molecule has 1 aromatic rings. The van der Waals surface area contributed by atoms with Crippen molar-refractivity contribution in [2.45, 2.75) is 19.9 Å². The van der Waals surface area contributed by atoms with Crippen molar-refractivity contribution in [1.29, 1.82) is 5.26 Å². The third-order valence-corrected chi connectivity index (χ3v) is 2.85. The zero-order chi connectivity index (χ0) is 15.3. The smallest absolute Gasteiger partial charge is 0.325 e. The summed E-state index contributed by atoms with van der Waals surface area (Å²) in [4.78, 5) is 25.7. The molecule has 6 nitrogen and oxygen atoms in total. The Kier molecular flexibility index (Phi) is 5.09. The zero-order valence-electron chi connectivity index (χ0n) is 11.7. The van der Waals surface area contributed by atoms with Crippen molar-refractivity contribution in [3.63, 3.8) is 0 Å². The van der Waals surface area contributed by atoms with E-state index < -0.39 is 12.0 Å². The molecule has 20 heavy (non-hydrogen) atoms. The number of hydrogen-bond acceptors (Lipinski definition) is 3. The first-order valence-electron chi connectivity index (χ1n) is 6.13. The van der Waals surface area contributed by atoms with Crippen LogP contribution in [-0.4, -0.2) is 41.6 Å². The summed E-state index contributed by atoms with van der Waals surface area (Å²) in [6, 6.07) is 7.98. The van der Waals surface area contributed by atoms with Crippen LogP contribution in [0.4, 0.5) is 10.5 Å². The Morgan fingerprint density at radius 3 is 2.45 bits per heavy atom. The second kappa shape index (κ2) is 6.57. The van der Waals surface area contributed by atoms with Gasteiger partial charge in [-0.3, -0.25) is 9.69 Å². The largest absolute Gasteiger partial charge is 0.480 e. The average Bonchev–Trinajstić information content (AvgIpc) is 2.42. The van der Waals surface area contributed by atoms with Gasteiger partial charge in [0, 0.05) is 13.1 Å². The number of aliphatic carboxylic acids is 1. The molecule has 0 radical (unpaired) electrons. The normalized spacial score (nSPS) is 9.95. The van der Waals surface area contributed by atoms with Gasteiger partial charge >= 0.3 is 12.0 Å². The molecular formula is C14H17N3O3. The average molecular weight is 275 g/mol. The maximum Gasteiger partial charge on any atom is 0.325 e. The topological polar surface area (TPSA) is 84.6 Å². The molecule has 0 spiro atoms. The number of carbonyl (C=O) groups is 2. The monoisotopic (exact) mass is 275 g/mol. The SMILES string of the molecule is CC(C)N(CC(=O)O)C(=O)N(C)c1ccccc1C#N. The van der Waals surface area contributed by atoms with Crippen LogP contribution in [0.1, 0.15) is 19.4 Å². The van der Waals surface area contributed by atoms with Gasteiger partial charge in [-0.25, -0.2) is 4.79 Å². The Morgan fingerprint density at radius 1 is 1.35 bits per heavy atom. The zero-order valence-corrected chi connectivity index (χ0v) is 11.7. The highest BCUT2D eigenvalue weighted by Gasteiger charge is 2.24. The van der Waals surface area contributed by atoms with Gasteiger partial charge in [-0.2, -0.15) is 5.26 Å². The van der Waals surface area contributed by atoms with Gasteiger partial charge in [-0.05, 0) is 26.0 Å². The first-order chi connectivity index (χ1) is 9.38. The summed E-state index contributed by atoms with van der Waals surface area (Å²) in [5, 5.41) is 17.9. The molecule has 0 aliphatic rings. The minimum Gasteiger partial charge on any atom is -0.480 e. The van der Waals surface area contributed by atoms with Gasteiger partial charge in [0.05, 0.1) is 11.3 Å². The standard InChI is InChI=1S/C14H17N3O3/c1-10(2)17(9-13(18)19)14(20)16(3)12-7-5-4-6-11(12)8-15/h4-7,10H,9H2,1-3H3,(H,18,19). The van der Waals surface area contributed by atoms with Crippen molar-refractivity contribution >= 4 is 17.7 Å². The fourth-order valence-corrected chi connectivity index (χ4v) is 1.77. The Balaban J connectivity index is 3.06. The second-order valence-corrected chi connectivity index (χ2v) is 4.59. The quantitative estimate of drug-likeness (QED) is 0.909. The number of hydrogen-bond donors (Lipinski definition) is 1. The van der Waals surface area contributed by atoms with Gasteiger partial charge in [0.1, 0.15) is 12.6 Å². The van der Waals surface area contributed by atoms with Crippen LogP contribution in [0.25, 0.3) is 0 Å². The molecule has 0 bridgehead atoms. The predicted molar refractivity (Wildman–Crippen MR) is 74.4 cm³/mol. The third-order valence-electron chi connectivity index (χ3n) is 2.85. The highest BCUT2D eigenvalue weighted by atomic mass is 16.4. The van der Waals surface area contributed by atoms with Crippen molar-refractivity contribution in [2.75, 3.05) is 18.5 Å². The van der Waals surface area contributed by atoms with E-state index in [0.717, 1.165) is 0 Å². The Hall–Kier alpha value is -2.55. The number of carboxylic acid groups (broad SMARTS) is 1. The summed E-state index contributed by atoms with van der Waals surface area (Å²) in [6.07, 6.45) is 0. The Bertz CT molecular complexity index is 549. The highest BCUT2D eigenvalue weighted by Crippen LogP contribution is 2.20. The summed E-state index contributed by atoms with van der Waals surface area (Å²) in [5.74, 6) is -1.07. The van der Waals surface area contributed by atoms with Crippen molar-refractivity contribution in [3.8, 4) is 6.07 Å².